The number of aryl methyl sites for hydroxylation is 3. The molecule has 2 aromatic rings. The molecule has 0 aliphatic rings. The van der Waals surface area contributed by atoms with Gasteiger partial charge >= 0.3 is 12.1 Å². The second-order valence-corrected chi connectivity index (χ2v) is 7.44. The number of rotatable bonds is 8. The Morgan fingerprint density at radius 2 is 2.04 bits per heavy atom. The van der Waals surface area contributed by atoms with E-state index in [0.29, 0.717) is 43.8 Å². The zero-order valence-electron chi connectivity index (χ0n) is 15.6. The predicted octanol–water partition coefficient (Wildman–Crippen LogP) is 4.68. The molecule has 0 atom stereocenters. The van der Waals surface area contributed by atoms with Crippen LogP contribution in [0.3, 0.4) is 0 Å². The molecule has 27 heavy (non-hydrogen) atoms. The summed E-state index contributed by atoms with van der Waals surface area (Å²) < 4.78 is 43.4. The van der Waals surface area contributed by atoms with Crippen molar-refractivity contribution in [3.05, 3.63) is 50.5 Å². The Hall–Kier alpha value is -1.93. The first kappa shape index (κ1) is 21.4. The first-order valence-corrected chi connectivity index (χ1v) is 9.55. The first-order valence-electron chi connectivity index (χ1n) is 8.73. The van der Waals surface area contributed by atoms with Gasteiger partial charge < -0.3 is 10.1 Å². The van der Waals surface area contributed by atoms with Crippen LogP contribution >= 0.6 is 11.3 Å². The number of hydrogen-bond acceptors (Lipinski definition) is 5. The van der Waals surface area contributed by atoms with E-state index < -0.39 is 17.7 Å². The van der Waals surface area contributed by atoms with E-state index in [1.54, 1.807) is 6.92 Å². The van der Waals surface area contributed by atoms with E-state index in [9.17, 15) is 18.0 Å². The molecule has 0 amide bonds. The van der Waals surface area contributed by atoms with Crippen LogP contribution in [0.15, 0.2) is 18.2 Å². The lowest BCUT2D eigenvalue weighted by atomic mass is 10.0. The summed E-state index contributed by atoms with van der Waals surface area (Å²) in [5.41, 5.74) is 1.30. The Kier molecular flexibility index (Phi) is 7.38. The lowest BCUT2D eigenvalue weighted by molar-refractivity contribution is -0.137. The molecule has 1 heterocycles. The summed E-state index contributed by atoms with van der Waals surface area (Å²) in [7, 11) is 0. The van der Waals surface area contributed by atoms with Crippen LogP contribution in [-0.4, -0.2) is 24.1 Å². The molecule has 1 aromatic carbocycles. The van der Waals surface area contributed by atoms with E-state index in [-0.39, 0.29) is 0 Å². The number of nitrogens with zero attached hydrogens (tertiary/aromatic N) is 1. The molecular formula is C19H23F3N2O2S. The van der Waals surface area contributed by atoms with Crippen molar-refractivity contribution in [1.29, 1.82) is 0 Å². The highest BCUT2D eigenvalue weighted by molar-refractivity contribution is 7.11. The maximum Gasteiger partial charge on any atom is 0.416 e. The van der Waals surface area contributed by atoms with Crippen LogP contribution < -0.4 is 5.32 Å². The van der Waals surface area contributed by atoms with Gasteiger partial charge in [-0.1, -0.05) is 6.07 Å². The lowest BCUT2D eigenvalue weighted by Gasteiger charge is -2.11. The van der Waals surface area contributed by atoms with Crippen molar-refractivity contribution >= 4 is 17.3 Å². The van der Waals surface area contributed by atoms with Crippen molar-refractivity contribution in [3.63, 3.8) is 0 Å². The number of thiazole rings is 1. The predicted molar refractivity (Wildman–Crippen MR) is 99.0 cm³/mol. The summed E-state index contributed by atoms with van der Waals surface area (Å²) in [5.74, 6) is -0.419. The van der Waals surface area contributed by atoms with E-state index in [1.165, 1.54) is 23.5 Å². The quantitative estimate of drug-likeness (QED) is 0.516. The number of alkyl halides is 3. The number of aromatic nitrogens is 1. The van der Waals surface area contributed by atoms with Gasteiger partial charge in [0.15, 0.2) is 5.69 Å². The molecule has 0 saturated carbocycles. The van der Waals surface area contributed by atoms with Gasteiger partial charge in [0.2, 0.25) is 0 Å². The molecular weight excluding hydrogens is 377 g/mol. The molecule has 0 unspecified atom stereocenters. The Bertz CT molecular complexity index is 788. The zero-order chi connectivity index (χ0) is 20.0. The molecule has 0 radical (unpaired) electrons. The SMILES string of the molecule is CCOC(=O)c1nc(CNCCCc2cc(C(F)(F)F)ccc2C)sc1C. The molecule has 0 saturated heterocycles. The maximum atomic E-state index is 12.8. The van der Waals surface area contributed by atoms with E-state index in [0.717, 1.165) is 21.5 Å². The fourth-order valence-corrected chi connectivity index (χ4v) is 3.52. The summed E-state index contributed by atoms with van der Waals surface area (Å²) >= 11 is 1.43. The Morgan fingerprint density at radius 3 is 2.70 bits per heavy atom. The molecule has 2 rings (SSSR count). The third-order valence-corrected chi connectivity index (χ3v) is 5.03. The van der Waals surface area contributed by atoms with Gasteiger partial charge in [0.05, 0.1) is 12.2 Å². The number of halogens is 3. The second-order valence-electron chi connectivity index (χ2n) is 6.15. The fourth-order valence-electron chi connectivity index (χ4n) is 2.63. The molecule has 0 spiro atoms. The third-order valence-electron chi connectivity index (χ3n) is 4.06. The van der Waals surface area contributed by atoms with Gasteiger partial charge in [-0.2, -0.15) is 13.2 Å². The molecule has 0 fully saturated rings. The monoisotopic (exact) mass is 400 g/mol. The topological polar surface area (TPSA) is 51.2 Å². The molecule has 8 heteroatoms. The number of carbonyl (C=O) groups is 1. The number of esters is 1. The number of ether oxygens (including phenoxy) is 1. The number of nitrogens with one attached hydrogen (secondary N) is 1. The minimum Gasteiger partial charge on any atom is -0.461 e. The van der Waals surface area contributed by atoms with Crippen molar-refractivity contribution < 1.29 is 22.7 Å². The van der Waals surface area contributed by atoms with Gasteiger partial charge in [0.25, 0.3) is 0 Å². The molecule has 0 aliphatic heterocycles. The van der Waals surface area contributed by atoms with Crippen LogP contribution in [0.2, 0.25) is 0 Å². The minimum atomic E-state index is -4.32. The third kappa shape index (κ3) is 6.04. The van der Waals surface area contributed by atoms with Gasteiger partial charge in [-0.15, -0.1) is 11.3 Å². The number of hydrogen-bond donors (Lipinski definition) is 1. The Labute approximate surface area is 160 Å². The molecule has 1 N–H and O–H groups in total. The van der Waals surface area contributed by atoms with Crippen molar-refractivity contribution in [2.45, 2.75) is 46.3 Å². The van der Waals surface area contributed by atoms with Crippen LogP contribution in [0.1, 0.15) is 50.4 Å². The average molecular weight is 400 g/mol. The highest BCUT2D eigenvalue weighted by atomic mass is 32.1. The van der Waals surface area contributed by atoms with Crippen LogP contribution in [0.4, 0.5) is 13.2 Å². The highest BCUT2D eigenvalue weighted by Crippen LogP contribution is 2.30. The van der Waals surface area contributed by atoms with Crippen molar-refractivity contribution in [1.82, 2.24) is 10.3 Å². The fraction of sp³-hybridized carbons (Fsp3) is 0.474. The van der Waals surface area contributed by atoms with Crippen molar-refractivity contribution in [2.75, 3.05) is 13.2 Å². The first-order chi connectivity index (χ1) is 12.7. The minimum absolute atomic E-state index is 0.304. The normalized spacial score (nSPS) is 11.6. The van der Waals surface area contributed by atoms with Gasteiger partial charge in [-0.25, -0.2) is 9.78 Å². The number of benzene rings is 1. The van der Waals surface area contributed by atoms with Crippen molar-refractivity contribution in [2.24, 2.45) is 0 Å². The van der Waals surface area contributed by atoms with Crippen LogP contribution in [0, 0.1) is 13.8 Å². The largest absolute Gasteiger partial charge is 0.461 e. The molecule has 1 aromatic heterocycles. The summed E-state index contributed by atoms with van der Waals surface area (Å²) in [6.07, 6.45) is -3.05. The average Bonchev–Trinajstić information content (AvgIpc) is 2.96. The summed E-state index contributed by atoms with van der Waals surface area (Å²) in [6.45, 7) is 6.84. The van der Waals surface area contributed by atoms with Crippen LogP contribution in [0.25, 0.3) is 0 Å². The Morgan fingerprint density at radius 1 is 1.30 bits per heavy atom. The molecule has 0 bridgehead atoms. The van der Waals surface area contributed by atoms with Gasteiger partial charge in [-0.3, -0.25) is 0 Å². The van der Waals surface area contributed by atoms with E-state index in [1.807, 2.05) is 13.8 Å². The maximum absolute atomic E-state index is 12.8. The van der Waals surface area contributed by atoms with E-state index in [2.05, 4.69) is 10.3 Å². The van der Waals surface area contributed by atoms with Crippen molar-refractivity contribution in [3.8, 4) is 0 Å². The van der Waals surface area contributed by atoms with Gasteiger partial charge in [0.1, 0.15) is 5.01 Å². The molecule has 4 nitrogen and oxygen atoms in total. The molecule has 148 valence electrons. The van der Waals surface area contributed by atoms with Crippen LogP contribution in [-0.2, 0) is 23.9 Å². The summed E-state index contributed by atoms with van der Waals surface area (Å²) in [5, 5.41) is 4.00. The zero-order valence-corrected chi connectivity index (χ0v) is 16.4. The standard InChI is InChI=1S/C19H23F3N2O2S/c1-4-26-18(25)17-13(3)27-16(24-17)11-23-9-5-6-14-10-15(19(20,21)22)8-7-12(14)2/h7-8,10,23H,4-6,9,11H2,1-3H3. The highest BCUT2D eigenvalue weighted by Gasteiger charge is 2.30. The summed E-state index contributed by atoms with van der Waals surface area (Å²) in [6, 6.07) is 3.86. The number of carbonyl (C=O) groups excluding carboxylic acids is 1. The smallest absolute Gasteiger partial charge is 0.416 e. The van der Waals surface area contributed by atoms with Crippen LogP contribution in [0.5, 0.6) is 0 Å². The second kappa shape index (κ2) is 9.32. The van der Waals surface area contributed by atoms with E-state index >= 15 is 0 Å². The lowest BCUT2D eigenvalue weighted by Crippen LogP contribution is -2.16. The Balaban J connectivity index is 1.83. The summed E-state index contributed by atoms with van der Waals surface area (Å²) in [4.78, 5) is 16.9. The molecule has 0 aliphatic carbocycles. The van der Waals surface area contributed by atoms with Gasteiger partial charge in [0, 0.05) is 11.4 Å². The van der Waals surface area contributed by atoms with E-state index in [4.69, 9.17) is 4.74 Å². The van der Waals surface area contributed by atoms with Gasteiger partial charge in [-0.05, 0) is 63.4 Å².